The number of benzene rings is 3. The molecular weight excluding hydrogens is 390 g/mol. The van der Waals surface area contributed by atoms with E-state index in [0.29, 0.717) is 12.3 Å². The molecule has 1 aliphatic heterocycles. The van der Waals surface area contributed by atoms with Crippen LogP contribution in [0, 0.1) is 11.8 Å². The minimum absolute atomic E-state index is 0.329. The third-order valence-electron chi connectivity index (χ3n) is 7.42. The summed E-state index contributed by atoms with van der Waals surface area (Å²) in [5.74, 6) is 7.41. The summed E-state index contributed by atoms with van der Waals surface area (Å²) in [6.07, 6.45) is 2.71. The van der Waals surface area contributed by atoms with Gasteiger partial charge in [-0.2, -0.15) is 0 Å². The van der Waals surface area contributed by atoms with Crippen LogP contribution in [0.4, 0.5) is 0 Å². The van der Waals surface area contributed by atoms with Crippen LogP contribution in [0.2, 0.25) is 0 Å². The third-order valence-corrected chi connectivity index (χ3v) is 7.42. The van der Waals surface area contributed by atoms with E-state index in [2.05, 4.69) is 61.2 Å². The maximum atomic E-state index is 14.1. The summed E-state index contributed by atoms with van der Waals surface area (Å²) in [6, 6.07) is 27.0. The van der Waals surface area contributed by atoms with Crippen molar-refractivity contribution in [2.75, 3.05) is 26.2 Å². The van der Waals surface area contributed by atoms with E-state index in [1.54, 1.807) is 0 Å². The zero-order valence-corrected chi connectivity index (χ0v) is 18.9. The molecule has 0 radical (unpaired) electrons. The molecule has 5 rings (SSSR count). The van der Waals surface area contributed by atoms with Crippen molar-refractivity contribution >= 4 is 0 Å². The number of quaternary nitrogens is 1. The number of rotatable bonds is 5. The summed E-state index contributed by atoms with van der Waals surface area (Å²) >= 11 is 0. The van der Waals surface area contributed by atoms with Crippen molar-refractivity contribution in [3.63, 3.8) is 0 Å². The van der Waals surface area contributed by atoms with Crippen LogP contribution in [-0.4, -0.2) is 30.7 Å². The fraction of sp³-hybridized carbons (Fsp3) is 0.333. The lowest BCUT2D eigenvalue weighted by atomic mass is 9.88. The molecule has 32 heavy (non-hydrogen) atoms. The van der Waals surface area contributed by atoms with Gasteiger partial charge in [0.15, 0.2) is 0 Å². The molecule has 0 aromatic heterocycles. The van der Waals surface area contributed by atoms with Crippen LogP contribution in [0.3, 0.4) is 0 Å². The first-order valence-electron chi connectivity index (χ1n) is 11.9. The Morgan fingerprint density at radius 1 is 0.875 bits per heavy atom. The van der Waals surface area contributed by atoms with Gasteiger partial charge in [0.25, 0.3) is 0 Å². The summed E-state index contributed by atoms with van der Waals surface area (Å²) in [5.41, 5.74) is 4.07. The maximum Gasteiger partial charge on any atom is 0.140 e. The molecule has 1 heterocycles. The summed E-state index contributed by atoms with van der Waals surface area (Å²) in [5, 5.41) is 14.1. The second kappa shape index (κ2) is 8.58. The van der Waals surface area contributed by atoms with Gasteiger partial charge in [-0.15, -0.1) is 0 Å². The second-order valence-electron chi connectivity index (χ2n) is 9.47. The molecular formula is C30H31NO. The van der Waals surface area contributed by atoms with Crippen molar-refractivity contribution in [3.8, 4) is 23.0 Å². The molecule has 2 atom stereocenters. The highest BCUT2D eigenvalue weighted by atomic mass is 16.3. The van der Waals surface area contributed by atoms with Crippen molar-refractivity contribution in [2.24, 2.45) is 0 Å². The smallest absolute Gasteiger partial charge is 0.140 e. The SMILES string of the molecule is CCC[N+]1(CC#CCC2([O-])c3ccccc3-c3ccccc32)CCC(c2ccccc2)C1. The van der Waals surface area contributed by atoms with Crippen LogP contribution >= 0.6 is 0 Å². The summed E-state index contributed by atoms with van der Waals surface area (Å²) in [4.78, 5) is 0. The number of hydrogen-bond donors (Lipinski definition) is 0. The number of likely N-dealkylation sites (tertiary alicyclic amines) is 1. The largest absolute Gasteiger partial charge is 0.842 e. The summed E-state index contributed by atoms with van der Waals surface area (Å²) in [6.45, 7) is 6.60. The van der Waals surface area contributed by atoms with Gasteiger partial charge in [0.2, 0.25) is 0 Å². The molecule has 0 amide bonds. The first-order valence-corrected chi connectivity index (χ1v) is 11.9. The highest BCUT2D eigenvalue weighted by Gasteiger charge is 2.37. The van der Waals surface area contributed by atoms with Gasteiger partial charge in [-0.1, -0.05) is 91.7 Å². The highest BCUT2D eigenvalue weighted by molar-refractivity contribution is 5.79. The molecule has 2 aliphatic rings. The van der Waals surface area contributed by atoms with Crippen LogP contribution in [0.1, 0.15) is 48.8 Å². The van der Waals surface area contributed by atoms with E-state index in [1.807, 2.05) is 36.4 Å². The molecule has 0 bridgehead atoms. The average Bonchev–Trinajstić information content (AvgIpc) is 3.37. The molecule has 0 spiro atoms. The molecule has 3 aromatic carbocycles. The Hall–Kier alpha value is -2.86. The van der Waals surface area contributed by atoms with Crippen LogP contribution in [0.25, 0.3) is 11.1 Å². The molecule has 0 N–H and O–H groups in total. The van der Waals surface area contributed by atoms with E-state index in [-0.39, 0.29) is 0 Å². The fourth-order valence-electron chi connectivity index (χ4n) is 5.86. The first-order chi connectivity index (χ1) is 15.7. The van der Waals surface area contributed by atoms with E-state index in [1.165, 1.54) is 18.5 Å². The van der Waals surface area contributed by atoms with Crippen LogP contribution in [-0.2, 0) is 5.60 Å². The zero-order valence-electron chi connectivity index (χ0n) is 18.9. The Labute approximate surface area is 192 Å². The van der Waals surface area contributed by atoms with Gasteiger partial charge in [0.05, 0.1) is 19.6 Å². The quantitative estimate of drug-likeness (QED) is 0.416. The fourth-order valence-corrected chi connectivity index (χ4v) is 5.86. The number of hydrogen-bond acceptors (Lipinski definition) is 1. The molecule has 0 saturated carbocycles. The van der Waals surface area contributed by atoms with Gasteiger partial charge in [0, 0.05) is 18.8 Å². The van der Waals surface area contributed by atoms with Gasteiger partial charge in [-0.3, -0.25) is 0 Å². The predicted molar refractivity (Wildman–Crippen MR) is 129 cm³/mol. The molecule has 2 nitrogen and oxygen atoms in total. The van der Waals surface area contributed by atoms with Crippen molar-refractivity contribution in [1.29, 1.82) is 0 Å². The Morgan fingerprint density at radius 3 is 2.16 bits per heavy atom. The summed E-state index contributed by atoms with van der Waals surface area (Å²) in [7, 11) is 0. The normalized spacial score (nSPS) is 22.6. The van der Waals surface area contributed by atoms with Crippen molar-refractivity contribution in [3.05, 3.63) is 95.6 Å². The molecule has 1 aliphatic carbocycles. The van der Waals surface area contributed by atoms with E-state index in [9.17, 15) is 5.11 Å². The molecule has 162 valence electrons. The minimum Gasteiger partial charge on any atom is -0.842 e. The standard InChI is InChI=1S/C30H31NO/c1-2-20-31(22-18-25(23-31)24-12-4-3-5-13-24)21-11-10-19-30(32)28-16-8-6-14-26(28)27-15-7-9-17-29(27)30/h3-9,12-17,25H,2,18-23H2,1H3. The number of nitrogens with zero attached hydrogens (tertiary/aromatic N) is 1. The molecule has 2 unspecified atom stereocenters. The van der Waals surface area contributed by atoms with Crippen LogP contribution in [0.5, 0.6) is 0 Å². The molecule has 1 fully saturated rings. The Kier molecular flexibility index (Phi) is 5.64. The lowest BCUT2D eigenvalue weighted by Gasteiger charge is -2.37. The van der Waals surface area contributed by atoms with E-state index in [0.717, 1.165) is 52.8 Å². The number of fused-ring (bicyclic) bond motifs is 3. The Balaban J connectivity index is 1.35. The first kappa shape index (κ1) is 21.0. The highest BCUT2D eigenvalue weighted by Crippen LogP contribution is 2.47. The van der Waals surface area contributed by atoms with Crippen molar-refractivity contribution in [1.82, 2.24) is 0 Å². The van der Waals surface area contributed by atoms with Gasteiger partial charge < -0.3 is 9.59 Å². The van der Waals surface area contributed by atoms with Crippen LogP contribution < -0.4 is 5.11 Å². The zero-order chi connectivity index (χ0) is 22.0. The minimum atomic E-state index is -1.27. The Bertz CT molecular complexity index is 1110. The summed E-state index contributed by atoms with van der Waals surface area (Å²) < 4.78 is 1.06. The predicted octanol–water partition coefficient (Wildman–Crippen LogP) is 5.08. The molecule has 1 saturated heterocycles. The van der Waals surface area contributed by atoms with E-state index in [4.69, 9.17) is 0 Å². The Morgan fingerprint density at radius 2 is 1.50 bits per heavy atom. The topological polar surface area (TPSA) is 23.1 Å². The van der Waals surface area contributed by atoms with E-state index < -0.39 is 5.60 Å². The molecule has 2 heteroatoms. The lowest BCUT2D eigenvalue weighted by molar-refractivity contribution is -0.910. The second-order valence-corrected chi connectivity index (χ2v) is 9.47. The van der Waals surface area contributed by atoms with Crippen LogP contribution in [0.15, 0.2) is 78.9 Å². The maximum absolute atomic E-state index is 14.1. The van der Waals surface area contributed by atoms with Gasteiger partial charge >= 0.3 is 0 Å². The van der Waals surface area contributed by atoms with Crippen molar-refractivity contribution in [2.45, 2.75) is 37.7 Å². The lowest BCUT2D eigenvalue weighted by Crippen LogP contribution is -2.46. The third kappa shape index (κ3) is 3.66. The average molecular weight is 422 g/mol. The van der Waals surface area contributed by atoms with Gasteiger partial charge in [-0.25, -0.2) is 0 Å². The van der Waals surface area contributed by atoms with E-state index >= 15 is 0 Å². The van der Waals surface area contributed by atoms with Gasteiger partial charge in [0.1, 0.15) is 6.54 Å². The molecule has 3 aromatic rings. The monoisotopic (exact) mass is 421 g/mol. The van der Waals surface area contributed by atoms with Crippen molar-refractivity contribution < 1.29 is 9.59 Å². The van der Waals surface area contributed by atoms with Gasteiger partial charge in [-0.05, 0) is 45.8 Å².